The third-order valence-corrected chi connectivity index (χ3v) is 4.99. The minimum absolute atomic E-state index is 0.0513. The minimum Gasteiger partial charge on any atom is -0.480 e. The number of alkyl halides is 3. The molecule has 3 heterocycles. The monoisotopic (exact) mass is 466 g/mol. The molecule has 0 radical (unpaired) electrons. The number of carboxylic acids is 1. The van der Waals surface area contributed by atoms with Gasteiger partial charge in [-0.2, -0.15) is 13.2 Å². The van der Waals surface area contributed by atoms with Gasteiger partial charge in [0, 0.05) is 17.2 Å². The molecule has 1 aliphatic carbocycles. The lowest BCUT2D eigenvalue weighted by atomic mass is 10.1. The van der Waals surface area contributed by atoms with Crippen LogP contribution in [0.3, 0.4) is 0 Å². The van der Waals surface area contributed by atoms with Gasteiger partial charge >= 0.3 is 18.2 Å². The first-order chi connectivity index (χ1) is 15.6. The van der Waals surface area contributed by atoms with E-state index in [1.54, 1.807) is 0 Å². The quantitative estimate of drug-likeness (QED) is 0.460. The average molecular weight is 466 g/mol. The summed E-state index contributed by atoms with van der Waals surface area (Å²) in [6.45, 7) is -1.65. The Balaban J connectivity index is 1.68. The van der Waals surface area contributed by atoms with Crippen LogP contribution in [0.5, 0.6) is 0 Å². The largest absolute Gasteiger partial charge is 0.480 e. The highest BCUT2D eigenvalue weighted by Gasteiger charge is 2.42. The summed E-state index contributed by atoms with van der Waals surface area (Å²) < 4.78 is 40.9. The summed E-state index contributed by atoms with van der Waals surface area (Å²) in [5, 5.41) is 22.2. The van der Waals surface area contributed by atoms with Gasteiger partial charge in [-0.3, -0.25) is 14.5 Å². The molecule has 4 rings (SSSR count). The smallest absolute Gasteiger partial charge is 0.433 e. The standard InChI is InChI=1S/C19H17F3N6O5/c20-19(21,22)14-6-11(5-12(24-14)10-1-2-10)16-23-9-26(25-16)7-13-17(32)28(8-15(30)31)18(33)27(13)3-4-29/h5-7,9-10,29H,1-4,8H2,(H,30,31)/b13-7-. The third kappa shape index (κ3) is 4.55. The maximum absolute atomic E-state index is 13.3. The van der Waals surface area contributed by atoms with Crippen LogP contribution in [0.25, 0.3) is 17.6 Å². The molecule has 174 valence electrons. The number of halogens is 3. The fourth-order valence-corrected chi connectivity index (χ4v) is 3.31. The lowest BCUT2D eigenvalue weighted by molar-refractivity contribution is -0.141. The number of imide groups is 1. The molecule has 14 heteroatoms. The number of amides is 3. The normalized spacial score (nSPS) is 18.0. The molecule has 0 unspecified atom stereocenters. The number of rotatable bonds is 7. The van der Waals surface area contributed by atoms with Gasteiger partial charge in [-0.15, -0.1) is 5.10 Å². The molecule has 0 atom stereocenters. The summed E-state index contributed by atoms with van der Waals surface area (Å²) in [7, 11) is 0. The lowest BCUT2D eigenvalue weighted by Gasteiger charge is -2.14. The van der Waals surface area contributed by atoms with Crippen LogP contribution in [-0.4, -0.2) is 77.4 Å². The number of hydrogen-bond donors (Lipinski definition) is 2. The maximum atomic E-state index is 13.3. The van der Waals surface area contributed by atoms with Crippen molar-refractivity contribution in [2.45, 2.75) is 24.9 Å². The molecule has 1 saturated heterocycles. The van der Waals surface area contributed by atoms with Gasteiger partial charge in [-0.25, -0.2) is 24.3 Å². The molecule has 1 saturated carbocycles. The molecule has 0 bridgehead atoms. The zero-order valence-corrected chi connectivity index (χ0v) is 16.9. The zero-order valence-electron chi connectivity index (χ0n) is 16.9. The minimum atomic E-state index is -4.65. The Morgan fingerprint density at radius 3 is 2.55 bits per heavy atom. The average Bonchev–Trinajstić information content (AvgIpc) is 3.46. The Kier molecular flexibility index (Phi) is 5.61. The van der Waals surface area contributed by atoms with Crippen LogP contribution < -0.4 is 0 Å². The van der Waals surface area contributed by atoms with E-state index >= 15 is 0 Å². The predicted octanol–water partition coefficient (Wildman–Crippen LogP) is 1.38. The fourth-order valence-electron chi connectivity index (χ4n) is 3.31. The van der Waals surface area contributed by atoms with Gasteiger partial charge in [0.25, 0.3) is 5.91 Å². The molecule has 2 aliphatic rings. The van der Waals surface area contributed by atoms with Crippen LogP contribution in [0, 0.1) is 0 Å². The summed E-state index contributed by atoms with van der Waals surface area (Å²) in [5.74, 6) is -2.44. The number of aromatic nitrogens is 4. The number of aliphatic hydroxyl groups is 1. The first-order valence-electron chi connectivity index (χ1n) is 9.77. The SMILES string of the molecule is O=C(O)CN1C(=O)/C(=C/n2cnc(-c3cc(C4CC4)nc(C(F)(F)F)c3)n2)N(CCO)C1=O. The molecule has 3 amide bonds. The van der Waals surface area contributed by atoms with Gasteiger partial charge < -0.3 is 10.2 Å². The first-order valence-corrected chi connectivity index (χ1v) is 9.77. The Labute approximate surface area is 183 Å². The number of hydrogen-bond acceptors (Lipinski definition) is 7. The lowest BCUT2D eigenvalue weighted by Crippen LogP contribution is -2.37. The van der Waals surface area contributed by atoms with E-state index in [-0.39, 0.29) is 29.5 Å². The Hall–Kier alpha value is -3.81. The number of aliphatic carboxylic acids is 1. The van der Waals surface area contributed by atoms with Gasteiger partial charge in [0.2, 0.25) is 0 Å². The summed E-state index contributed by atoms with van der Waals surface area (Å²) in [6.07, 6.45) is -0.959. The van der Waals surface area contributed by atoms with Crippen LogP contribution in [0.2, 0.25) is 0 Å². The molecule has 0 aromatic carbocycles. The van der Waals surface area contributed by atoms with Crippen LogP contribution in [0.4, 0.5) is 18.0 Å². The molecule has 1 aliphatic heterocycles. The van der Waals surface area contributed by atoms with Crippen molar-refractivity contribution in [3.05, 3.63) is 35.5 Å². The molecule has 33 heavy (non-hydrogen) atoms. The second kappa shape index (κ2) is 8.27. The van der Waals surface area contributed by atoms with Crippen LogP contribution in [0.1, 0.15) is 30.1 Å². The van der Waals surface area contributed by atoms with Crippen molar-refractivity contribution in [1.82, 2.24) is 29.5 Å². The van der Waals surface area contributed by atoms with Gasteiger partial charge in [0.1, 0.15) is 24.3 Å². The van der Waals surface area contributed by atoms with E-state index in [0.29, 0.717) is 10.6 Å². The van der Waals surface area contributed by atoms with Crippen LogP contribution in [0.15, 0.2) is 24.2 Å². The number of β-amino-alcohol motifs (C(OH)–C–C–N with tert-alkyl or cyclic N) is 1. The van der Waals surface area contributed by atoms with E-state index in [9.17, 15) is 32.7 Å². The topological polar surface area (TPSA) is 142 Å². The van der Waals surface area contributed by atoms with Crippen molar-refractivity contribution >= 4 is 24.1 Å². The maximum Gasteiger partial charge on any atom is 0.433 e. The van der Waals surface area contributed by atoms with Crippen molar-refractivity contribution in [3.63, 3.8) is 0 Å². The van der Waals surface area contributed by atoms with Crippen molar-refractivity contribution in [2.24, 2.45) is 0 Å². The highest BCUT2D eigenvalue weighted by Crippen LogP contribution is 2.41. The summed E-state index contributed by atoms with van der Waals surface area (Å²) in [5.41, 5.74) is -0.947. The van der Waals surface area contributed by atoms with Crippen molar-refractivity contribution in [3.8, 4) is 11.4 Å². The fraction of sp³-hybridized carbons (Fsp3) is 0.368. The second-order valence-electron chi connectivity index (χ2n) is 7.44. The summed E-state index contributed by atoms with van der Waals surface area (Å²) >= 11 is 0. The third-order valence-electron chi connectivity index (χ3n) is 4.99. The van der Waals surface area contributed by atoms with E-state index in [0.717, 1.165) is 41.0 Å². The molecule has 2 aromatic heterocycles. The van der Waals surface area contributed by atoms with Crippen LogP contribution >= 0.6 is 0 Å². The highest BCUT2D eigenvalue weighted by molar-refractivity contribution is 6.14. The molecule has 0 spiro atoms. The molecule has 2 fully saturated rings. The Bertz CT molecular complexity index is 1160. The van der Waals surface area contributed by atoms with E-state index in [4.69, 9.17) is 5.11 Å². The molecule has 2 aromatic rings. The van der Waals surface area contributed by atoms with Crippen molar-refractivity contribution < 1.29 is 37.8 Å². The number of carbonyl (C=O) groups is 3. The molecule has 2 N–H and O–H groups in total. The zero-order chi connectivity index (χ0) is 23.9. The second-order valence-corrected chi connectivity index (χ2v) is 7.44. The highest BCUT2D eigenvalue weighted by atomic mass is 19.4. The predicted molar refractivity (Wildman–Crippen MR) is 103 cm³/mol. The van der Waals surface area contributed by atoms with Crippen LogP contribution in [-0.2, 0) is 15.8 Å². The number of aliphatic hydroxyl groups excluding tert-OH is 1. The van der Waals surface area contributed by atoms with Crippen molar-refractivity contribution in [1.29, 1.82) is 0 Å². The van der Waals surface area contributed by atoms with E-state index in [2.05, 4.69) is 15.1 Å². The van der Waals surface area contributed by atoms with E-state index < -0.39 is 42.9 Å². The van der Waals surface area contributed by atoms with Gasteiger partial charge in [-0.1, -0.05) is 0 Å². The van der Waals surface area contributed by atoms with Gasteiger partial charge in [0.05, 0.1) is 19.4 Å². The number of carboxylic acid groups (broad SMARTS) is 1. The summed E-state index contributed by atoms with van der Waals surface area (Å²) in [4.78, 5) is 44.9. The van der Waals surface area contributed by atoms with Gasteiger partial charge in [0.15, 0.2) is 5.82 Å². The Morgan fingerprint density at radius 1 is 1.21 bits per heavy atom. The van der Waals surface area contributed by atoms with Crippen molar-refractivity contribution in [2.75, 3.05) is 19.7 Å². The number of nitrogens with zero attached hydrogens (tertiary/aromatic N) is 6. The first kappa shape index (κ1) is 22.4. The Morgan fingerprint density at radius 2 is 1.94 bits per heavy atom. The number of carbonyl (C=O) groups excluding carboxylic acids is 2. The molecular weight excluding hydrogens is 449 g/mol. The molecule has 11 nitrogen and oxygen atoms in total. The number of urea groups is 1. The van der Waals surface area contributed by atoms with E-state index in [1.807, 2.05) is 0 Å². The van der Waals surface area contributed by atoms with E-state index in [1.165, 1.54) is 6.07 Å². The molecular formula is C19H17F3N6O5. The summed E-state index contributed by atoms with van der Waals surface area (Å²) in [6, 6.07) is 1.38. The van der Waals surface area contributed by atoms with Gasteiger partial charge in [-0.05, 0) is 25.0 Å². The number of pyridine rings is 1.